The fraction of sp³-hybridized carbons (Fsp3) is 0.385. The molecule has 1 spiro atoms. The van der Waals surface area contributed by atoms with E-state index in [-0.39, 0.29) is 17.8 Å². The Bertz CT molecular complexity index is 1310. The fourth-order valence-electron chi connectivity index (χ4n) is 5.40. The highest BCUT2D eigenvalue weighted by molar-refractivity contribution is 6.43. The number of fused-ring (bicyclic) bond motifs is 1. The highest BCUT2D eigenvalue weighted by atomic mass is 35.5. The average Bonchev–Trinajstić information content (AvgIpc) is 3.17. The molecule has 0 saturated carbocycles. The number of rotatable bonds is 4. The second-order valence-electron chi connectivity index (χ2n) is 9.51. The van der Waals surface area contributed by atoms with Gasteiger partial charge in [-0.25, -0.2) is 9.97 Å². The molecule has 190 valence electrons. The van der Waals surface area contributed by atoms with Crippen molar-refractivity contribution in [2.24, 2.45) is 5.41 Å². The molecule has 0 bridgehead atoms. The summed E-state index contributed by atoms with van der Waals surface area (Å²) in [5, 5.41) is 10.9. The molecule has 1 fully saturated rings. The maximum atomic E-state index is 12.6. The van der Waals surface area contributed by atoms with Crippen molar-refractivity contribution in [2.75, 3.05) is 18.0 Å². The minimum atomic E-state index is -4.70. The standard InChI is InChI=1S/C26H24Cl2F3N3O2/c1-15-23(19-3-2-4-20(27)22(19)28)33-21(14-35)24(32-15)34-9-7-25(8-10-34)12-16-5-6-18(11-17(16)13-25)36-26(29,30)31/h2-6,11,35H,7-10,12-14H2,1H3. The van der Waals surface area contributed by atoms with Crippen molar-refractivity contribution in [2.45, 2.75) is 45.6 Å². The Morgan fingerprint density at radius 2 is 1.78 bits per heavy atom. The summed E-state index contributed by atoms with van der Waals surface area (Å²) in [6.45, 7) is 2.99. The number of aryl methyl sites for hydroxylation is 1. The van der Waals surface area contributed by atoms with Crippen molar-refractivity contribution in [1.29, 1.82) is 0 Å². The molecule has 1 aliphatic carbocycles. The number of benzene rings is 2. The molecule has 1 saturated heterocycles. The van der Waals surface area contributed by atoms with Gasteiger partial charge in [-0.3, -0.25) is 0 Å². The van der Waals surface area contributed by atoms with Crippen LogP contribution in [0.4, 0.5) is 19.0 Å². The lowest BCUT2D eigenvalue weighted by Crippen LogP contribution is -2.41. The van der Waals surface area contributed by atoms with E-state index in [1.807, 2.05) is 13.0 Å². The molecule has 0 atom stereocenters. The smallest absolute Gasteiger partial charge is 0.406 e. The van der Waals surface area contributed by atoms with E-state index < -0.39 is 6.36 Å². The van der Waals surface area contributed by atoms with E-state index in [0.717, 1.165) is 36.8 Å². The molecule has 0 amide bonds. The molecule has 36 heavy (non-hydrogen) atoms. The van der Waals surface area contributed by atoms with E-state index in [1.165, 1.54) is 12.1 Å². The van der Waals surface area contributed by atoms with Gasteiger partial charge in [0.1, 0.15) is 11.4 Å². The van der Waals surface area contributed by atoms with Crippen LogP contribution in [0, 0.1) is 12.3 Å². The van der Waals surface area contributed by atoms with E-state index in [9.17, 15) is 18.3 Å². The van der Waals surface area contributed by atoms with Crippen molar-refractivity contribution >= 4 is 29.0 Å². The first kappa shape index (κ1) is 25.1. The predicted molar refractivity (Wildman–Crippen MR) is 133 cm³/mol. The second-order valence-corrected chi connectivity index (χ2v) is 10.3. The van der Waals surface area contributed by atoms with Crippen LogP contribution < -0.4 is 9.64 Å². The van der Waals surface area contributed by atoms with Gasteiger partial charge in [0.05, 0.1) is 28.0 Å². The Kier molecular flexibility index (Phi) is 6.55. The number of alkyl halides is 3. The monoisotopic (exact) mass is 537 g/mol. The number of aromatic nitrogens is 2. The van der Waals surface area contributed by atoms with Crippen LogP contribution in [0.1, 0.15) is 35.4 Å². The van der Waals surface area contributed by atoms with Crippen LogP contribution in [-0.4, -0.2) is 34.5 Å². The molecule has 1 N–H and O–H groups in total. The van der Waals surface area contributed by atoms with Crippen LogP contribution in [0.3, 0.4) is 0 Å². The summed E-state index contributed by atoms with van der Waals surface area (Å²) in [7, 11) is 0. The van der Waals surface area contributed by atoms with E-state index in [4.69, 9.17) is 33.2 Å². The van der Waals surface area contributed by atoms with Crippen molar-refractivity contribution in [3.05, 3.63) is 69.0 Å². The summed E-state index contributed by atoms with van der Waals surface area (Å²) in [6.07, 6.45) is -1.45. The Labute approximate surface area is 216 Å². The first-order valence-electron chi connectivity index (χ1n) is 11.6. The predicted octanol–water partition coefficient (Wildman–Crippen LogP) is 6.54. The van der Waals surface area contributed by atoms with Gasteiger partial charge in [0.2, 0.25) is 0 Å². The maximum Gasteiger partial charge on any atom is 0.573 e. The molecule has 3 aromatic rings. The summed E-state index contributed by atoms with van der Waals surface area (Å²) >= 11 is 12.6. The van der Waals surface area contributed by atoms with Crippen LogP contribution in [0.25, 0.3) is 11.3 Å². The number of halogens is 5. The lowest BCUT2D eigenvalue weighted by Gasteiger charge is -2.40. The zero-order valence-electron chi connectivity index (χ0n) is 19.5. The molecular weight excluding hydrogens is 514 g/mol. The molecular formula is C26H24Cl2F3N3O2. The zero-order valence-corrected chi connectivity index (χ0v) is 21.0. The van der Waals surface area contributed by atoms with Gasteiger partial charge < -0.3 is 14.7 Å². The summed E-state index contributed by atoms with van der Waals surface area (Å²) in [5.74, 6) is 0.470. The van der Waals surface area contributed by atoms with Crippen LogP contribution in [0.15, 0.2) is 36.4 Å². The van der Waals surface area contributed by atoms with Crippen LogP contribution in [0.5, 0.6) is 5.75 Å². The number of piperidine rings is 1. The first-order valence-corrected chi connectivity index (χ1v) is 12.4. The highest BCUT2D eigenvalue weighted by Crippen LogP contribution is 2.46. The van der Waals surface area contributed by atoms with E-state index in [0.29, 0.717) is 51.6 Å². The van der Waals surface area contributed by atoms with Gasteiger partial charge in [-0.05, 0) is 67.3 Å². The van der Waals surface area contributed by atoms with Gasteiger partial charge in [0, 0.05) is 18.7 Å². The van der Waals surface area contributed by atoms with Gasteiger partial charge in [-0.15, -0.1) is 13.2 Å². The first-order chi connectivity index (χ1) is 17.1. The molecule has 0 unspecified atom stereocenters. The Morgan fingerprint density at radius 1 is 1.06 bits per heavy atom. The molecule has 5 rings (SSSR count). The molecule has 2 aliphatic rings. The van der Waals surface area contributed by atoms with E-state index >= 15 is 0 Å². The number of aliphatic hydroxyl groups excluding tert-OH is 1. The number of ether oxygens (including phenoxy) is 1. The van der Waals surface area contributed by atoms with Crippen molar-refractivity contribution in [3.63, 3.8) is 0 Å². The zero-order chi connectivity index (χ0) is 25.7. The molecule has 0 radical (unpaired) electrons. The lowest BCUT2D eigenvalue weighted by molar-refractivity contribution is -0.274. The summed E-state index contributed by atoms with van der Waals surface area (Å²) < 4.78 is 42.0. The third-order valence-electron chi connectivity index (χ3n) is 7.14. The normalized spacial score (nSPS) is 16.9. The second kappa shape index (κ2) is 9.39. The lowest BCUT2D eigenvalue weighted by atomic mass is 9.76. The molecule has 1 aliphatic heterocycles. The molecule has 2 aromatic carbocycles. The molecule has 10 heteroatoms. The number of aliphatic hydroxyl groups is 1. The fourth-order valence-corrected chi connectivity index (χ4v) is 5.79. The average molecular weight is 538 g/mol. The minimum Gasteiger partial charge on any atom is -0.406 e. The van der Waals surface area contributed by atoms with E-state index in [2.05, 4.69) is 9.64 Å². The van der Waals surface area contributed by atoms with Gasteiger partial charge in [0.25, 0.3) is 0 Å². The Morgan fingerprint density at radius 3 is 2.47 bits per heavy atom. The van der Waals surface area contributed by atoms with E-state index in [1.54, 1.807) is 18.2 Å². The topological polar surface area (TPSA) is 58.5 Å². The quantitative estimate of drug-likeness (QED) is 0.409. The Hall–Kier alpha value is -2.55. The SMILES string of the molecule is Cc1nc(N2CCC3(CC2)Cc2ccc(OC(F)(F)F)cc2C3)c(CO)nc1-c1cccc(Cl)c1Cl. The third kappa shape index (κ3) is 4.86. The summed E-state index contributed by atoms with van der Waals surface area (Å²) in [5.41, 5.74) is 4.36. The van der Waals surface area contributed by atoms with Gasteiger partial charge in [-0.2, -0.15) is 0 Å². The summed E-state index contributed by atoms with van der Waals surface area (Å²) in [6, 6.07) is 9.96. The van der Waals surface area contributed by atoms with Gasteiger partial charge in [0.15, 0.2) is 5.82 Å². The van der Waals surface area contributed by atoms with Crippen molar-refractivity contribution in [3.8, 4) is 17.0 Å². The number of anilines is 1. The number of hydrogen-bond donors (Lipinski definition) is 1. The largest absolute Gasteiger partial charge is 0.573 e. The van der Waals surface area contributed by atoms with Crippen LogP contribution in [0.2, 0.25) is 10.0 Å². The minimum absolute atomic E-state index is 0.00814. The van der Waals surface area contributed by atoms with Crippen molar-refractivity contribution in [1.82, 2.24) is 9.97 Å². The summed E-state index contributed by atoms with van der Waals surface area (Å²) in [4.78, 5) is 11.6. The highest BCUT2D eigenvalue weighted by Gasteiger charge is 2.41. The number of hydrogen-bond acceptors (Lipinski definition) is 5. The molecule has 5 nitrogen and oxygen atoms in total. The number of nitrogens with zero attached hydrogens (tertiary/aromatic N) is 3. The third-order valence-corrected chi connectivity index (χ3v) is 7.96. The van der Waals surface area contributed by atoms with Crippen molar-refractivity contribution < 1.29 is 23.0 Å². The molecule has 1 aromatic heterocycles. The molecule has 2 heterocycles. The van der Waals surface area contributed by atoms with Crippen LogP contribution >= 0.6 is 23.2 Å². The Balaban J connectivity index is 1.34. The maximum absolute atomic E-state index is 12.6. The van der Waals surface area contributed by atoms with Gasteiger partial charge in [-0.1, -0.05) is 41.4 Å². The van der Waals surface area contributed by atoms with Crippen LogP contribution in [-0.2, 0) is 19.4 Å². The van der Waals surface area contributed by atoms with Gasteiger partial charge >= 0.3 is 6.36 Å².